The lowest BCUT2D eigenvalue weighted by Gasteiger charge is -2.49. The molecular formula is C14H15N5O5S2. The van der Waals surface area contributed by atoms with Crippen LogP contribution >= 0.6 is 23.1 Å². The lowest BCUT2D eigenvalue weighted by Crippen LogP contribution is -2.71. The number of amides is 2. The van der Waals surface area contributed by atoms with Gasteiger partial charge < -0.3 is 21.0 Å². The van der Waals surface area contributed by atoms with Crippen LogP contribution in [0, 0.1) is 0 Å². The highest BCUT2D eigenvalue weighted by Gasteiger charge is 2.54. The molecule has 10 nitrogen and oxygen atoms in total. The molecule has 1 aromatic rings. The lowest BCUT2D eigenvalue weighted by atomic mass is 10.0. The van der Waals surface area contributed by atoms with Gasteiger partial charge in [-0.25, -0.2) is 9.78 Å². The van der Waals surface area contributed by atoms with E-state index in [1.165, 1.54) is 23.8 Å². The minimum Gasteiger partial charge on any atom is -0.477 e. The molecule has 26 heavy (non-hydrogen) atoms. The number of carbonyl (C=O) groups is 3. The fraction of sp³-hybridized carbons (Fsp3) is 0.357. The molecule has 0 unspecified atom stereocenters. The first kappa shape index (κ1) is 18.2. The standard InChI is InChI=1S/C14H15N5O5S2/c1-5-3-25-12-8(11(21)19(12)9(5)13(22)23)17-10(20)7(18-24-2)6-4-26-14(15)16-6/h4,8,12H,3H2,1-2H3,(H2,15,16)(H,17,20)(H,22,23)/t8-,12-/m1/s1. The molecule has 3 rings (SSSR count). The Bertz CT molecular complexity index is 849. The number of carbonyl (C=O) groups excluding carboxylic acids is 2. The maximum absolute atomic E-state index is 12.5. The summed E-state index contributed by atoms with van der Waals surface area (Å²) >= 11 is 2.52. The minimum atomic E-state index is -1.16. The minimum absolute atomic E-state index is 0.0256. The van der Waals surface area contributed by atoms with Gasteiger partial charge in [-0.05, 0) is 12.5 Å². The Morgan fingerprint density at radius 3 is 2.85 bits per heavy atom. The summed E-state index contributed by atoms with van der Waals surface area (Å²) in [6.07, 6.45) is 0. The average molecular weight is 397 g/mol. The summed E-state index contributed by atoms with van der Waals surface area (Å²) in [5.41, 5.74) is 6.27. The molecule has 0 aliphatic carbocycles. The molecule has 2 amide bonds. The second kappa shape index (κ2) is 6.96. The normalized spacial score (nSPS) is 22.6. The van der Waals surface area contributed by atoms with Crippen molar-refractivity contribution >= 4 is 51.7 Å². The Morgan fingerprint density at radius 2 is 2.27 bits per heavy atom. The third-order valence-electron chi connectivity index (χ3n) is 3.81. The molecule has 1 aromatic heterocycles. The number of nitrogens with one attached hydrogen (secondary N) is 1. The van der Waals surface area contributed by atoms with Crippen LogP contribution in [0.15, 0.2) is 21.8 Å². The number of aromatic nitrogens is 1. The number of anilines is 1. The lowest BCUT2D eigenvalue weighted by molar-refractivity contribution is -0.150. The number of rotatable bonds is 5. The summed E-state index contributed by atoms with van der Waals surface area (Å²) in [5.74, 6) is -1.84. The van der Waals surface area contributed by atoms with E-state index in [-0.39, 0.29) is 22.2 Å². The molecule has 0 aromatic carbocycles. The summed E-state index contributed by atoms with van der Waals surface area (Å²) in [4.78, 5) is 46.2. The van der Waals surface area contributed by atoms with Gasteiger partial charge in [0.15, 0.2) is 10.8 Å². The second-order valence-electron chi connectivity index (χ2n) is 5.49. The van der Waals surface area contributed by atoms with Crippen molar-refractivity contribution in [3.8, 4) is 0 Å². The summed E-state index contributed by atoms with van der Waals surface area (Å²) in [6.45, 7) is 1.67. The predicted octanol–water partition coefficient (Wildman–Crippen LogP) is -0.166. The predicted molar refractivity (Wildman–Crippen MR) is 95.4 cm³/mol. The number of thioether (sulfide) groups is 1. The van der Waals surface area contributed by atoms with Gasteiger partial charge in [-0.3, -0.25) is 14.5 Å². The first-order chi connectivity index (χ1) is 12.3. The monoisotopic (exact) mass is 397 g/mol. The van der Waals surface area contributed by atoms with Crippen LogP contribution in [0.3, 0.4) is 0 Å². The van der Waals surface area contributed by atoms with Crippen LogP contribution in [-0.4, -0.2) is 62.8 Å². The maximum atomic E-state index is 12.5. The Kier molecular flexibility index (Phi) is 4.87. The third kappa shape index (κ3) is 3.01. The number of thiazole rings is 1. The van der Waals surface area contributed by atoms with Gasteiger partial charge in [-0.2, -0.15) is 0 Å². The molecule has 2 aliphatic rings. The van der Waals surface area contributed by atoms with Gasteiger partial charge in [0.1, 0.15) is 29.9 Å². The van der Waals surface area contributed by atoms with Crippen LogP contribution < -0.4 is 11.1 Å². The van der Waals surface area contributed by atoms with Crippen LogP contribution in [0.2, 0.25) is 0 Å². The van der Waals surface area contributed by atoms with Crippen LogP contribution in [0.25, 0.3) is 0 Å². The quantitative estimate of drug-likeness (QED) is 0.353. The SMILES string of the molecule is CON=C(C(=O)N[C@@H]1C(=O)N2C(C(=O)O)=C(C)CS[C@H]12)c1csc(N)n1. The number of nitrogens with two attached hydrogens (primary N) is 1. The smallest absolute Gasteiger partial charge is 0.352 e. The number of hydrogen-bond donors (Lipinski definition) is 3. The second-order valence-corrected chi connectivity index (χ2v) is 7.48. The van der Waals surface area contributed by atoms with E-state index in [1.54, 1.807) is 12.3 Å². The summed E-state index contributed by atoms with van der Waals surface area (Å²) in [5, 5.41) is 16.9. The summed E-state index contributed by atoms with van der Waals surface area (Å²) < 4.78 is 0. The van der Waals surface area contributed by atoms with E-state index < -0.39 is 29.2 Å². The van der Waals surface area contributed by atoms with Crippen molar-refractivity contribution in [3.63, 3.8) is 0 Å². The van der Waals surface area contributed by atoms with Crippen molar-refractivity contribution in [2.75, 3.05) is 18.6 Å². The van der Waals surface area contributed by atoms with E-state index >= 15 is 0 Å². The van der Waals surface area contributed by atoms with Crippen molar-refractivity contribution in [3.05, 3.63) is 22.3 Å². The molecule has 0 bridgehead atoms. The molecular weight excluding hydrogens is 382 g/mol. The Morgan fingerprint density at radius 1 is 1.54 bits per heavy atom. The van der Waals surface area contributed by atoms with Crippen LogP contribution in [0.1, 0.15) is 12.6 Å². The van der Waals surface area contributed by atoms with E-state index in [4.69, 9.17) is 5.73 Å². The number of nitrogen functional groups attached to an aromatic ring is 1. The van der Waals surface area contributed by atoms with Gasteiger partial charge in [0.2, 0.25) is 0 Å². The molecule has 1 fully saturated rings. The summed E-state index contributed by atoms with van der Waals surface area (Å²) in [6, 6.07) is -0.854. The van der Waals surface area contributed by atoms with Gasteiger partial charge in [0.05, 0.1) is 0 Å². The number of hydrogen-bond acceptors (Lipinski definition) is 9. The highest BCUT2D eigenvalue weighted by molar-refractivity contribution is 8.00. The number of β-lactam (4-membered cyclic amide) rings is 1. The molecule has 12 heteroatoms. The highest BCUT2D eigenvalue weighted by Crippen LogP contribution is 2.40. The van der Waals surface area contributed by atoms with Gasteiger partial charge in [0, 0.05) is 11.1 Å². The van der Waals surface area contributed by atoms with Crippen LogP contribution in [-0.2, 0) is 19.2 Å². The number of aliphatic carboxylic acids is 1. The Hall–Kier alpha value is -2.60. The topological polar surface area (TPSA) is 147 Å². The van der Waals surface area contributed by atoms with E-state index in [2.05, 4.69) is 20.3 Å². The van der Waals surface area contributed by atoms with Crippen molar-refractivity contribution in [1.82, 2.24) is 15.2 Å². The number of carboxylic acids is 1. The molecule has 4 N–H and O–H groups in total. The van der Waals surface area contributed by atoms with Crippen molar-refractivity contribution in [2.24, 2.45) is 5.16 Å². The van der Waals surface area contributed by atoms with Gasteiger partial charge >= 0.3 is 5.97 Å². The number of nitrogens with zero attached hydrogens (tertiary/aromatic N) is 3. The summed E-state index contributed by atoms with van der Waals surface area (Å²) in [7, 11) is 1.28. The number of fused-ring (bicyclic) bond motifs is 1. The maximum Gasteiger partial charge on any atom is 0.352 e. The van der Waals surface area contributed by atoms with E-state index in [9.17, 15) is 19.5 Å². The Balaban J connectivity index is 1.78. The molecule has 0 radical (unpaired) electrons. The first-order valence-electron chi connectivity index (χ1n) is 7.36. The van der Waals surface area contributed by atoms with Crippen LogP contribution in [0.4, 0.5) is 5.13 Å². The highest BCUT2D eigenvalue weighted by atomic mass is 32.2. The third-order valence-corrected chi connectivity index (χ3v) is 5.91. The zero-order valence-corrected chi connectivity index (χ0v) is 15.4. The molecule has 0 spiro atoms. The van der Waals surface area contributed by atoms with Crippen molar-refractivity contribution < 1.29 is 24.3 Å². The Labute approximate surface area is 156 Å². The molecule has 2 aliphatic heterocycles. The number of carboxylic acid groups (broad SMARTS) is 1. The first-order valence-corrected chi connectivity index (χ1v) is 9.29. The van der Waals surface area contributed by atoms with Crippen molar-refractivity contribution in [1.29, 1.82) is 0 Å². The zero-order valence-electron chi connectivity index (χ0n) is 13.8. The zero-order chi connectivity index (χ0) is 19.0. The van der Waals surface area contributed by atoms with E-state index in [0.717, 1.165) is 11.3 Å². The number of oxime groups is 1. The molecule has 1 saturated heterocycles. The van der Waals surface area contributed by atoms with Crippen molar-refractivity contribution in [2.45, 2.75) is 18.3 Å². The average Bonchev–Trinajstić information content (AvgIpc) is 3.02. The molecule has 0 saturated carbocycles. The van der Waals surface area contributed by atoms with Gasteiger partial charge in [-0.15, -0.1) is 23.1 Å². The van der Waals surface area contributed by atoms with E-state index in [0.29, 0.717) is 11.3 Å². The van der Waals surface area contributed by atoms with Gasteiger partial charge in [-0.1, -0.05) is 5.16 Å². The van der Waals surface area contributed by atoms with E-state index in [1.807, 2.05) is 0 Å². The molecule has 2 atom stereocenters. The fourth-order valence-corrected chi connectivity index (χ4v) is 4.52. The largest absolute Gasteiger partial charge is 0.477 e. The molecule has 3 heterocycles. The fourth-order valence-electron chi connectivity index (χ4n) is 2.68. The molecule has 138 valence electrons. The van der Waals surface area contributed by atoms with Crippen LogP contribution in [0.5, 0.6) is 0 Å². The van der Waals surface area contributed by atoms with Gasteiger partial charge in [0.25, 0.3) is 11.8 Å².